The minimum atomic E-state index is -0.166. The minimum Gasteiger partial charge on any atom is -0.371 e. The molecule has 4 aliphatic rings. The first kappa shape index (κ1) is 48.3. The van der Waals surface area contributed by atoms with Crippen LogP contribution in [0.25, 0.3) is 43.1 Å². The third-order valence-electron chi connectivity index (χ3n) is 16.5. The molecule has 0 unspecified atom stereocenters. The molecule has 0 saturated carbocycles. The largest absolute Gasteiger partial charge is 0.371 e. The van der Waals surface area contributed by atoms with Gasteiger partial charge in [0.15, 0.2) is 0 Å². The number of anilines is 2. The van der Waals surface area contributed by atoms with E-state index in [1.54, 1.807) is 9.80 Å². The molecule has 0 spiro atoms. The third kappa shape index (κ3) is 9.00. The van der Waals surface area contributed by atoms with Crippen molar-refractivity contribution in [1.82, 2.24) is 9.80 Å². The molecule has 5 aromatic carbocycles. The van der Waals surface area contributed by atoms with Crippen LogP contribution < -0.4 is 9.80 Å². The predicted molar refractivity (Wildman–Crippen MR) is 283 cm³/mol. The summed E-state index contributed by atoms with van der Waals surface area (Å²) in [5.74, 6) is -0.626. The van der Waals surface area contributed by atoms with Crippen molar-refractivity contribution >= 4 is 78.1 Å². The fourth-order valence-electron chi connectivity index (χ4n) is 12.9. The van der Waals surface area contributed by atoms with Crippen LogP contribution in [-0.2, 0) is 0 Å². The van der Waals surface area contributed by atoms with Gasteiger partial charge in [0.2, 0.25) is 0 Å². The Morgan fingerprint density at radius 3 is 1.06 bits per heavy atom. The van der Waals surface area contributed by atoms with E-state index in [4.69, 9.17) is 0 Å². The average Bonchev–Trinajstić information content (AvgIpc) is 3.36. The molecule has 0 bridgehead atoms. The molecule has 2 saturated heterocycles. The second-order valence-corrected chi connectivity index (χ2v) is 21.2. The van der Waals surface area contributed by atoms with Crippen LogP contribution in [0.4, 0.5) is 11.4 Å². The molecule has 0 radical (unpaired) electrons. The van der Waals surface area contributed by atoms with Crippen molar-refractivity contribution in [2.24, 2.45) is 0 Å². The Labute approximate surface area is 406 Å². The Balaban J connectivity index is 1.27. The van der Waals surface area contributed by atoms with Gasteiger partial charge in [0.05, 0.1) is 11.1 Å². The van der Waals surface area contributed by atoms with E-state index in [9.17, 15) is 0 Å². The Hall–Kier alpha value is -4.72. The van der Waals surface area contributed by atoms with Crippen LogP contribution in [0.5, 0.6) is 0 Å². The van der Waals surface area contributed by atoms with Crippen LogP contribution in [0.15, 0.2) is 36.4 Å². The molecule has 68 heavy (non-hydrogen) atoms. The van der Waals surface area contributed by atoms with Gasteiger partial charge in [-0.05, 0) is 105 Å². The number of rotatable bonds is 24. The van der Waals surface area contributed by atoms with Crippen LogP contribution in [0, 0.1) is 0 Å². The summed E-state index contributed by atoms with van der Waals surface area (Å²) in [5, 5.41) is 7.60. The predicted octanol–water partition coefficient (Wildman–Crippen LogP) is 15.5. The molecule has 4 aliphatic heterocycles. The second kappa shape index (κ2) is 21.9. The summed E-state index contributed by atoms with van der Waals surface area (Å²) in [6.45, 7) is 12.5. The Kier molecular flexibility index (Phi) is 15.6. The van der Waals surface area contributed by atoms with Gasteiger partial charge in [0, 0.05) is 87.7 Å². The highest BCUT2D eigenvalue weighted by atomic mass is 16.2. The highest BCUT2D eigenvalue weighted by Crippen LogP contribution is 2.53. The molecular formula is C60H80N4O4. The van der Waals surface area contributed by atoms with E-state index >= 15 is 19.2 Å². The zero-order chi connectivity index (χ0) is 47.3. The Bertz CT molecular complexity index is 2450. The van der Waals surface area contributed by atoms with E-state index in [1.807, 2.05) is 12.1 Å². The number of amides is 4. The van der Waals surface area contributed by atoms with Crippen LogP contribution in [0.1, 0.15) is 236 Å². The molecule has 0 atom stereocenters. The standard InChI is InChI=1S/C60H80N4O4/c1-5-9-13-19-27-41(28-20-14-10-6-2)63-57(65)45-33-31-43-51-44(32-34-46(52(45)51)58(63)66)55-50(62-37-25-18-26-38-62)40-48-53-47(39-49(54(43)56(53)55)61-35-23-17-24-36-61)59(67)64(60(48)68)42(29-21-15-11-7-3)30-22-16-12-8-4/h31-34,39-42H,5-30,35-38H2,1-4H3. The summed E-state index contributed by atoms with van der Waals surface area (Å²) in [6.07, 6.45) is 27.7. The summed E-state index contributed by atoms with van der Waals surface area (Å²) in [5.41, 5.74) is 4.62. The first-order valence-corrected chi connectivity index (χ1v) is 27.9. The summed E-state index contributed by atoms with van der Waals surface area (Å²) < 4.78 is 0. The molecule has 8 nitrogen and oxygen atoms in total. The zero-order valence-corrected chi connectivity index (χ0v) is 42.3. The van der Waals surface area contributed by atoms with Gasteiger partial charge in [-0.2, -0.15) is 0 Å². The maximum atomic E-state index is 15.5. The molecule has 2 fully saturated rings. The molecule has 8 heteroatoms. The van der Waals surface area contributed by atoms with Crippen molar-refractivity contribution in [2.75, 3.05) is 36.0 Å². The number of hydrogen-bond donors (Lipinski definition) is 0. The maximum Gasteiger partial charge on any atom is 0.261 e. The summed E-state index contributed by atoms with van der Waals surface area (Å²) in [6, 6.07) is 12.3. The van der Waals surface area contributed by atoms with E-state index in [-0.39, 0.29) is 35.7 Å². The Morgan fingerprint density at radius 1 is 0.368 bits per heavy atom. The van der Waals surface area contributed by atoms with Crippen molar-refractivity contribution in [3.8, 4) is 0 Å². The number of fused-ring (bicyclic) bond motifs is 2. The molecule has 9 rings (SSSR count). The highest BCUT2D eigenvalue weighted by Gasteiger charge is 2.42. The number of carbonyl (C=O) groups is 4. The molecule has 0 aromatic heterocycles. The second-order valence-electron chi connectivity index (χ2n) is 21.2. The molecule has 0 aliphatic carbocycles. The van der Waals surface area contributed by atoms with Crippen LogP contribution in [-0.4, -0.2) is 71.7 Å². The lowest BCUT2D eigenvalue weighted by Gasteiger charge is -2.39. The number of imide groups is 2. The highest BCUT2D eigenvalue weighted by molar-refractivity contribution is 6.44. The summed E-state index contributed by atoms with van der Waals surface area (Å²) in [4.78, 5) is 69.6. The SMILES string of the molecule is CCCCCCC(CCCCCC)N1C(=O)c2ccc3c4c(N5CCCCC5)cc5c6c(cc(N7CCCCC7)c(c7ccc(c2c37)C1=O)c64)C(=O)N(C(CCCCCC)CCCCCC)C5=O. The molecule has 5 aromatic rings. The maximum absolute atomic E-state index is 15.5. The van der Waals surface area contributed by atoms with Gasteiger partial charge in [0.25, 0.3) is 23.6 Å². The lowest BCUT2D eigenvalue weighted by molar-refractivity contribution is 0.0501. The number of benzene rings is 5. The number of piperidine rings is 2. The monoisotopic (exact) mass is 921 g/mol. The first-order valence-electron chi connectivity index (χ1n) is 27.9. The van der Waals surface area contributed by atoms with Crippen molar-refractivity contribution in [1.29, 1.82) is 0 Å². The lowest BCUT2D eigenvalue weighted by atomic mass is 9.80. The quantitative estimate of drug-likeness (QED) is 0.0265. The smallest absolute Gasteiger partial charge is 0.261 e. The summed E-state index contributed by atoms with van der Waals surface area (Å²) in [7, 11) is 0. The van der Waals surface area contributed by atoms with E-state index in [0.717, 1.165) is 235 Å². The average molecular weight is 921 g/mol. The normalized spacial score (nSPS) is 16.8. The van der Waals surface area contributed by atoms with Crippen molar-refractivity contribution in [3.63, 3.8) is 0 Å². The van der Waals surface area contributed by atoms with Gasteiger partial charge >= 0.3 is 0 Å². The number of carbonyl (C=O) groups excluding carboxylic acids is 4. The molecular weight excluding hydrogens is 841 g/mol. The number of hydrogen-bond acceptors (Lipinski definition) is 6. The molecule has 364 valence electrons. The van der Waals surface area contributed by atoms with Gasteiger partial charge in [-0.3, -0.25) is 29.0 Å². The van der Waals surface area contributed by atoms with Crippen molar-refractivity contribution in [2.45, 2.75) is 207 Å². The van der Waals surface area contributed by atoms with E-state index < -0.39 is 0 Å². The molecule has 4 heterocycles. The van der Waals surface area contributed by atoms with E-state index in [2.05, 4.69) is 61.8 Å². The summed E-state index contributed by atoms with van der Waals surface area (Å²) >= 11 is 0. The minimum absolute atomic E-state index is 0.130. The van der Waals surface area contributed by atoms with E-state index in [1.165, 1.54) is 12.8 Å². The fourth-order valence-corrected chi connectivity index (χ4v) is 12.9. The van der Waals surface area contributed by atoms with Gasteiger partial charge in [-0.25, -0.2) is 0 Å². The van der Waals surface area contributed by atoms with Crippen LogP contribution in [0.3, 0.4) is 0 Å². The number of nitrogens with zero attached hydrogens (tertiary/aromatic N) is 4. The molecule has 0 N–H and O–H groups in total. The van der Waals surface area contributed by atoms with Crippen LogP contribution >= 0.6 is 0 Å². The first-order chi connectivity index (χ1) is 33.3. The van der Waals surface area contributed by atoms with E-state index in [0.29, 0.717) is 22.3 Å². The molecule has 4 amide bonds. The number of unbranched alkanes of at least 4 members (excludes halogenated alkanes) is 12. The van der Waals surface area contributed by atoms with Gasteiger partial charge in [0.1, 0.15) is 0 Å². The zero-order valence-electron chi connectivity index (χ0n) is 42.3. The van der Waals surface area contributed by atoms with Crippen molar-refractivity contribution < 1.29 is 19.2 Å². The van der Waals surface area contributed by atoms with Gasteiger partial charge in [-0.15, -0.1) is 0 Å². The Morgan fingerprint density at radius 2 is 0.706 bits per heavy atom. The van der Waals surface area contributed by atoms with Gasteiger partial charge < -0.3 is 9.80 Å². The van der Waals surface area contributed by atoms with Crippen molar-refractivity contribution in [3.05, 3.63) is 58.7 Å². The van der Waals surface area contributed by atoms with Gasteiger partial charge in [-0.1, -0.05) is 143 Å². The van der Waals surface area contributed by atoms with Crippen LogP contribution in [0.2, 0.25) is 0 Å². The lowest BCUT2D eigenvalue weighted by Crippen LogP contribution is -2.47. The fraction of sp³-hybridized carbons (Fsp3) is 0.600. The topological polar surface area (TPSA) is 81.2 Å². The third-order valence-corrected chi connectivity index (χ3v) is 16.5.